The van der Waals surface area contributed by atoms with Gasteiger partial charge in [0.1, 0.15) is 23.4 Å². The predicted molar refractivity (Wildman–Crippen MR) is 95.8 cm³/mol. The standard InChI is InChI=1S/C21H17NO3/c1-13-3-6-16(7-4-13)21-22-19(14(2)24-21)11-18-10-17-9-15(12-23)5-8-20(17)25-18/h3-10,12H,11H2,1-2H3. The maximum absolute atomic E-state index is 10.9. The number of oxazole rings is 1. The molecule has 0 atom stereocenters. The molecule has 0 bridgehead atoms. The first kappa shape index (κ1) is 15.4. The minimum atomic E-state index is 0.548. The monoisotopic (exact) mass is 331 g/mol. The Morgan fingerprint density at radius 3 is 2.56 bits per heavy atom. The number of aromatic nitrogens is 1. The molecule has 4 rings (SSSR count). The second-order valence-corrected chi connectivity index (χ2v) is 6.19. The van der Waals surface area contributed by atoms with Crippen LogP contribution < -0.4 is 0 Å². The lowest BCUT2D eigenvalue weighted by Crippen LogP contribution is -1.88. The van der Waals surface area contributed by atoms with E-state index in [9.17, 15) is 4.79 Å². The van der Waals surface area contributed by atoms with E-state index in [1.807, 2.05) is 56.3 Å². The first-order valence-electron chi connectivity index (χ1n) is 8.13. The lowest BCUT2D eigenvalue weighted by atomic mass is 10.1. The van der Waals surface area contributed by atoms with Crippen LogP contribution in [0.2, 0.25) is 0 Å². The van der Waals surface area contributed by atoms with E-state index in [1.54, 1.807) is 6.07 Å². The van der Waals surface area contributed by atoms with Crippen LogP contribution in [0.15, 0.2) is 57.4 Å². The van der Waals surface area contributed by atoms with Crippen LogP contribution >= 0.6 is 0 Å². The summed E-state index contributed by atoms with van der Waals surface area (Å²) >= 11 is 0. The van der Waals surface area contributed by atoms with E-state index in [2.05, 4.69) is 4.98 Å². The molecule has 0 amide bonds. The van der Waals surface area contributed by atoms with Crippen molar-refractivity contribution in [2.24, 2.45) is 0 Å². The molecular weight excluding hydrogens is 314 g/mol. The quantitative estimate of drug-likeness (QED) is 0.488. The Labute approximate surface area is 145 Å². The van der Waals surface area contributed by atoms with Crippen LogP contribution in [0.1, 0.15) is 33.1 Å². The lowest BCUT2D eigenvalue weighted by molar-refractivity contribution is 0.112. The van der Waals surface area contributed by atoms with Crippen molar-refractivity contribution in [2.75, 3.05) is 0 Å². The topological polar surface area (TPSA) is 56.2 Å². The van der Waals surface area contributed by atoms with Crippen molar-refractivity contribution in [1.82, 2.24) is 4.98 Å². The van der Waals surface area contributed by atoms with Gasteiger partial charge in [0.2, 0.25) is 5.89 Å². The van der Waals surface area contributed by atoms with E-state index in [0.717, 1.165) is 40.0 Å². The SMILES string of the molecule is Cc1ccc(-c2nc(Cc3cc4cc(C=O)ccc4o3)c(C)o2)cc1. The number of hydrogen-bond acceptors (Lipinski definition) is 4. The number of hydrogen-bond donors (Lipinski definition) is 0. The van der Waals surface area contributed by atoms with Crippen molar-refractivity contribution in [3.05, 3.63) is 76.9 Å². The zero-order chi connectivity index (χ0) is 17.4. The van der Waals surface area contributed by atoms with Gasteiger partial charge in [-0.05, 0) is 50.2 Å². The number of carbonyl (C=O) groups is 1. The van der Waals surface area contributed by atoms with E-state index in [4.69, 9.17) is 8.83 Å². The van der Waals surface area contributed by atoms with Gasteiger partial charge in [-0.1, -0.05) is 17.7 Å². The summed E-state index contributed by atoms with van der Waals surface area (Å²) in [4.78, 5) is 15.5. The second-order valence-electron chi connectivity index (χ2n) is 6.19. The number of aryl methyl sites for hydroxylation is 2. The van der Waals surface area contributed by atoms with Crippen LogP contribution in [0.3, 0.4) is 0 Å². The molecule has 0 radical (unpaired) electrons. The molecule has 4 nitrogen and oxygen atoms in total. The summed E-state index contributed by atoms with van der Waals surface area (Å²) in [6.07, 6.45) is 1.38. The molecule has 4 heteroatoms. The number of nitrogens with zero attached hydrogens (tertiary/aromatic N) is 1. The minimum absolute atomic E-state index is 0.548. The van der Waals surface area contributed by atoms with E-state index < -0.39 is 0 Å². The summed E-state index contributed by atoms with van der Waals surface area (Å²) in [5.74, 6) is 2.20. The molecule has 0 saturated heterocycles. The molecule has 0 spiro atoms. The summed E-state index contributed by atoms with van der Waals surface area (Å²) in [5, 5.41) is 0.916. The van der Waals surface area contributed by atoms with E-state index >= 15 is 0 Å². The predicted octanol–water partition coefficient (Wildman–Crippen LogP) is 5.11. The molecule has 0 aliphatic heterocycles. The Kier molecular flexibility index (Phi) is 3.73. The van der Waals surface area contributed by atoms with Gasteiger partial charge in [-0.25, -0.2) is 4.98 Å². The number of fused-ring (bicyclic) bond motifs is 1. The number of carbonyl (C=O) groups excluding carboxylic acids is 1. The van der Waals surface area contributed by atoms with Crippen molar-refractivity contribution >= 4 is 17.3 Å². The van der Waals surface area contributed by atoms with Gasteiger partial charge in [0, 0.05) is 16.5 Å². The first-order chi connectivity index (χ1) is 12.1. The molecule has 0 aliphatic carbocycles. The summed E-state index contributed by atoms with van der Waals surface area (Å²) in [6, 6.07) is 15.4. The van der Waals surface area contributed by atoms with Gasteiger partial charge in [-0.2, -0.15) is 0 Å². The average molecular weight is 331 g/mol. The smallest absolute Gasteiger partial charge is 0.226 e. The van der Waals surface area contributed by atoms with Crippen molar-refractivity contribution < 1.29 is 13.6 Å². The fourth-order valence-corrected chi connectivity index (χ4v) is 2.85. The molecule has 0 saturated carbocycles. The molecule has 0 fully saturated rings. The Bertz CT molecular complexity index is 1050. The third-order valence-corrected chi connectivity index (χ3v) is 4.26. The third kappa shape index (κ3) is 2.98. The van der Waals surface area contributed by atoms with Crippen molar-refractivity contribution in [3.63, 3.8) is 0 Å². The Morgan fingerprint density at radius 2 is 1.80 bits per heavy atom. The van der Waals surface area contributed by atoms with Gasteiger partial charge in [-0.3, -0.25) is 4.79 Å². The van der Waals surface area contributed by atoms with Crippen molar-refractivity contribution in [3.8, 4) is 11.5 Å². The van der Waals surface area contributed by atoms with Crippen LogP contribution in [-0.4, -0.2) is 11.3 Å². The van der Waals surface area contributed by atoms with Gasteiger partial charge in [0.25, 0.3) is 0 Å². The molecule has 2 aromatic carbocycles. The minimum Gasteiger partial charge on any atom is -0.461 e. The highest BCUT2D eigenvalue weighted by Crippen LogP contribution is 2.26. The fourth-order valence-electron chi connectivity index (χ4n) is 2.85. The summed E-state index contributed by atoms with van der Waals surface area (Å²) in [5.41, 5.74) is 4.41. The van der Waals surface area contributed by atoms with Gasteiger partial charge >= 0.3 is 0 Å². The van der Waals surface area contributed by atoms with E-state index in [1.165, 1.54) is 5.56 Å². The second kappa shape index (κ2) is 6.06. The van der Waals surface area contributed by atoms with Crippen LogP contribution in [-0.2, 0) is 6.42 Å². The van der Waals surface area contributed by atoms with Gasteiger partial charge in [-0.15, -0.1) is 0 Å². The van der Waals surface area contributed by atoms with Gasteiger partial charge in [0.05, 0.1) is 12.1 Å². The number of rotatable bonds is 4. The molecule has 124 valence electrons. The lowest BCUT2D eigenvalue weighted by Gasteiger charge is -1.95. The largest absolute Gasteiger partial charge is 0.461 e. The van der Waals surface area contributed by atoms with Gasteiger partial charge < -0.3 is 8.83 Å². The summed E-state index contributed by atoms with van der Waals surface area (Å²) in [7, 11) is 0. The molecule has 4 aromatic rings. The maximum atomic E-state index is 10.9. The first-order valence-corrected chi connectivity index (χ1v) is 8.13. The zero-order valence-corrected chi connectivity index (χ0v) is 14.1. The number of aldehydes is 1. The molecular formula is C21H17NO3. The van der Waals surface area contributed by atoms with Crippen molar-refractivity contribution in [2.45, 2.75) is 20.3 Å². The third-order valence-electron chi connectivity index (χ3n) is 4.26. The summed E-state index contributed by atoms with van der Waals surface area (Å²) < 4.78 is 11.7. The van der Waals surface area contributed by atoms with E-state index in [0.29, 0.717) is 17.9 Å². The fraction of sp³-hybridized carbons (Fsp3) is 0.143. The Balaban J connectivity index is 1.64. The highest BCUT2D eigenvalue weighted by Gasteiger charge is 2.14. The van der Waals surface area contributed by atoms with Gasteiger partial charge in [0.15, 0.2) is 0 Å². The van der Waals surface area contributed by atoms with Crippen LogP contribution in [0.5, 0.6) is 0 Å². The zero-order valence-electron chi connectivity index (χ0n) is 14.1. The van der Waals surface area contributed by atoms with Crippen molar-refractivity contribution in [1.29, 1.82) is 0 Å². The Hall–Kier alpha value is -3.14. The number of furan rings is 1. The maximum Gasteiger partial charge on any atom is 0.226 e. The van der Waals surface area contributed by atoms with Crippen LogP contribution in [0.25, 0.3) is 22.4 Å². The molecule has 2 aromatic heterocycles. The molecule has 0 N–H and O–H groups in total. The molecule has 0 aliphatic rings. The van der Waals surface area contributed by atoms with Crippen LogP contribution in [0.4, 0.5) is 0 Å². The van der Waals surface area contributed by atoms with E-state index in [-0.39, 0.29) is 0 Å². The molecule has 0 unspecified atom stereocenters. The normalized spacial score (nSPS) is 11.1. The molecule has 25 heavy (non-hydrogen) atoms. The average Bonchev–Trinajstić information content (AvgIpc) is 3.18. The highest BCUT2D eigenvalue weighted by molar-refractivity contribution is 5.86. The Morgan fingerprint density at radius 1 is 1.00 bits per heavy atom. The highest BCUT2D eigenvalue weighted by atomic mass is 16.4. The number of benzene rings is 2. The molecule has 2 heterocycles. The summed E-state index contributed by atoms with van der Waals surface area (Å²) in [6.45, 7) is 3.96. The van der Waals surface area contributed by atoms with Crippen LogP contribution in [0, 0.1) is 13.8 Å².